The molecule has 0 spiro atoms. The van der Waals surface area contributed by atoms with Crippen LogP contribution in [0.5, 0.6) is 0 Å². The van der Waals surface area contributed by atoms with E-state index in [0.717, 1.165) is 0 Å². The van der Waals surface area contributed by atoms with Crippen LogP contribution in [0.25, 0.3) is 17.2 Å². The summed E-state index contributed by atoms with van der Waals surface area (Å²) < 4.78 is 5.49. The molecule has 2 aromatic carbocycles. The van der Waals surface area contributed by atoms with Gasteiger partial charge in [0, 0.05) is 18.7 Å². The van der Waals surface area contributed by atoms with Crippen molar-refractivity contribution < 1.29 is 9.53 Å². The van der Waals surface area contributed by atoms with E-state index >= 15 is 0 Å². The molecule has 6 heteroatoms. The van der Waals surface area contributed by atoms with Crippen LogP contribution in [-0.4, -0.2) is 29.2 Å². The number of carbonyl (C=O) groups excluding carboxylic acids is 1. The molecule has 0 saturated heterocycles. The highest BCUT2D eigenvalue weighted by Crippen LogP contribution is 2.44. The number of fused-ring (bicyclic) bond motifs is 3. The van der Waals surface area contributed by atoms with E-state index in [0.29, 0.717) is 25.3 Å². The molecular formula is C23H21N3O3. The first kappa shape index (κ1) is 18.7. The van der Waals surface area contributed by atoms with Crippen molar-refractivity contribution in [2.24, 2.45) is 0 Å². The molecule has 3 aromatic rings. The Balaban J connectivity index is 1.28. The summed E-state index contributed by atoms with van der Waals surface area (Å²) in [5, 5.41) is 2.76. The molecule has 0 fully saturated rings. The van der Waals surface area contributed by atoms with Crippen molar-refractivity contribution in [1.82, 2.24) is 15.3 Å². The molecule has 0 atom stereocenters. The first-order valence-electron chi connectivity index (χ1n) is 9.52. The van der Waals surface area contributed by atoms with Gasteiger partial charge in [-0.3, -0.25) is 4.79 Å². The molecule has 0 aliphatic heterocycles. The van der Waals surface area contributed by atoms with Crippen molar-refractivity contribution in [3.05, 3.63) is 94.2 Å². The lowest BCUT2D eigenvalue weighted by molar-refractivity contribution is 0.143. The lowest BCUT2D eigenvalue weighted by atomic mass is 9.98. The third-order valence-electron chi connectivity index (χ3n) is 4.91. The van der Waals surface area contributed by atoms with Crippen molar-refractivity contribution in [2.75, 3.05) is 13.2 Å². The Labute approximate surface area is 168 Å². The van der Waals surface area contributed by atoms with Gasteiger partial charge in [-0.1, -0.05) is 54.6 Å². The molecule has 2 N–H and O–H groups in total. The van der Waals surface area contributed by atoms with Crippen LogP contribution in [0.15, 0.2) is 71.8 Å². The molecule has 0 radical (unpaired) electrons. The zero-order valence-electron chi connectivity index (χ0n) is 15.8. The van der Waals surface area contributed by atoms with Crippen molar-refractivity contribution in [2.45, 2.75) is 12.3 Å². The predicted molar refractivity (Wildman–Crippen MR) is 112 cm³/mol. The summed E-state index contributed by atoms with van der Waals surface area (Å²) in [5.74, 6) is 0.0550. The number of hydrogen-bond acceptors (Lipinski definition) is 4. The van der Waals surface area contributed by atoms with Gasteiger partial charge in [0.2, 0.25) is 0 Å². The van der Waals surface area contributed by atoms with Crippen LogP contribution < -0.4 is 10.9 Å². The smallest absolute Gasteiger partial charge is 0.407 e. The molecule has 0 saturated carbocycles. The minimum absolute atomic E-state index is 0.0550. The van der Waals surface area contributed by atoms with Gasteiger partial charge >= 0.3 is 6.09 Å². The van der Waals surface area contributed by atoms with E-state index in [9.17, 15) is 9.59 Å². The summed E-state index contributed by atoms with van der Waals surface area (Å²) in [6, 6.07) is 16.5. The summed E-state index contributed by atoms with van der Waals surface area (Å²) >= 11 is 0. The number of amides is 1. The second-order valence-corrected chi connectivity index (χ2v) is 6.78. The number of carbonyl (C=O) groups is 1. The predicted octanol–water partition coefficient (Wildman–Crippen LogP) is 3.71. The van der Waals surface area contributed by atoms with Crippen LogP contribution in [0.3, 0.4) is 0 Å². The van der Waals surface area contributed by atoms with E-state index in [2.05, 4.69) is 39.6 Å². The van der Waals surface area contributed by atoms with Crippen molar-refractivity contribution in [3.63, 3.8) is 0 Å². The molecule has 6 nitrogen and oxygen atoms in total. The van der Waals surface area contributed by atoms with E-state index < -0.39 is 6.09 Å². The molecule has 1 aliphatic carbocycles. The van der Waals surface area contributed by atoms with Crippen molar-refractivity contribution in [1.29, 1.82) is 0 Å². The Kier molecular flexibility index (Phi) is 5.52. The van der Waals surface area contributed by atoms with Gasteiger partial charge in [0.15, 0.2) is 0 Å². The minimum atomic E-state index is -0.428. The zero-order chi connectivity index (χ0) is 20.1. The summed E-state index contributed by atoms with van der Waals surface area (Å²) in [6.07, 6.45) is 6.64. The summed E-state index contributed by atoms with van der Waals surface area (Å²) in [4.78, 5) is 29.6. The van der Waals surface area contributed by atoms with Gasteiger partial charge in [-0.25, -0.2) is 9.78 Å². The van der Waals surface area contributed by atoms with Gasteiger partial charge in [-0.15, -0.1) is 0 Å². The number of aromatic nitrogens is 2. The largest absolute Gasteiger partial charge is 0.449 e. The van der Waals surface area contributed by atoms with Crippen LogP contribution >= 0.6 is 0 Å². The van der Waals surface area contributed by atoms with Gasteiger partial charge in [-0.05, 0) is 34.8 Å². The topological polar surface area (TPSA) is 84.1 Å². The summed E-state index contributed by atoms with van der Waals surface area (Å²) in [5.41, 5.74) is 5.22. The van der Waals surface area contributed by atoms with E-state index in [-0.39, 0.29) is 11.5 Å². The average molecular weight is 387 g/mol. The van der Waals surface area contributed by atoms with Crippen LogP contribution in [0.4, 0.5) is 4.79 Å². The highest BCUT2D eigenvalue weighted by atomic mass is 16.5. The van der Waals surface area contributed by atoms with Gasteiger partial charge in [0.05, 0.1) is 11.9 Å². The number of rotatable bonds is 6. The van der Waals surface area contributed by atoms with Crippen LogP contribution in [0, 0.1) is 0 Å². The second kappa shape index (κ2) is 8.56. The third kappa shape index (κ3) is 4.27. The average Bonchev–Trinajstić information content (AvgIpc) is 3.07. The zero-order valence-corrected chi connectivity index (χ0v) is 15.8. The van der Waals surface area contributed by atoms with Crippen molar-refractivity contribution in [3.8, 4) is 11.1 Å². The lowest BCUT2D eigenvalue weighted by Crippen LogP contribution is -2.26. The maximum atomic E-state index is 12.1. The molecule has 4 rings (SSSR count). The summed E-state index contributed by atoms with van der Waals surface area (Å²) in [6.45, 7) is 0.757. The Hall–Kier alpha value is -3.67. The Morgan fingerprint density at radius 3 is 2.45 bits per heavy atom. The van der Waals surface area contributed by atoms with Crippen LogP contribution in [0.1, 0.15) is 29.2 Å². The van der Waals surface area contributed by atoms with Gasteiger partial charge in [0.25, 0.3) is 5.56 Å². The maximum Gasteiger partial charge on any atom is 0.407 e. The van der Waals surface area contributed by atoms with E-state index in [1.807, 2.05) is 30.3 Å². The highest BCUT2D eigenvalue weighted by Gasteiger charge is 2.28. The third-order valence-corrected chi connectivity index (χ3v) is 4.91. The normalized spacial score (nSPS) is 12.6. The highest BCUT2D eigenvalue weighted by molar-refractivity contribution is 5.79. The molecule has 0 unspecified atom stereocenters. The van der Waals surface area contributed by atoms with Crippen LogP contribution in [0.2, 0.25) is 0 Å². The fourth-order valence-electron chi connectivity index (χ4n) is 3.56. The second-order valence-electron chi connectivity index (χ2n) is 6.78. The minimum Gasteiger partial charge on any atom is -0.449 e. The number of hydrogen-bond donors (Lipinski definition) is 2. The van der Waals surface area contributed by atoms with Gasteiger partial charge < -0.3 is 15.0 Å². The standard InChI is InChI=1S/C23H21N3O3/c27-22-14-25-16(13-26-22)7-5-6-12-24-23(28)29-15-21-19-10-3-1-8-17(19)18-9-2-4-11-20(18)21/h1-5,7-11,13-14,21H,6,12,15H2,(H,24,28)(H,26,27). The molecule has 29 heavy (non-hydrogen) atoms. The fourth-order valence-corrected chi connectivity index (χ4v) is 3.56. The number of nitrogens with one attached hydrogen (secondary N) is 2. The Morgan fingerprint density at radius 2 is 1.79 bits per heavy atom. The molecular weight excluding hydrogens is 366 g/mol. The summed E-state index contributed by atoms with van der Waals surface area (Å²) in [7, 11) is 0. The molecule has 1 aliphatic rings. The van der Waals surface area contributed by atoms with Crippen LogP contribution in [-0.2, 0) is 4.74 Å². The molecule has 0 bridgehead atoms. The fraction of sp³-hybridized carbons (Fsp3) is 0.174. The van der Waals surface area contributed by atoms with E-state index in [1.54, 1.807) is 6.08 Å². The SMILES string of the molecule is O=C(NCCC=Cc1c[nH]c(=O)cn1)OCC1c2ccccc2-c2ccccc21. The molecule has 1 heterocycles. The molecule has 146 valence electrons. The molecule has 1 aromatic heterocycles. The number of ether oxygens (including phenoxy) is 1. The quantitative estimate of drug-likeness (QED) is 0.632. The van der Waals surface area contributed by atoms with E-state index in [1.165, 1.54) is 34.6 Å². The number of nitrogens with zero attached hydrogens (tertiary/aromatic N) is 1. The molecule has 1 amide bonds. The first-order valence-corrected chi connectivity index (χ1v) is 9.52. The lowest BCUT2D eigenvalue weighted by Gasteiger charge is -2.14. The van der Waals surface area contributed by atoms with Gasteiger partial charge in [0.1, 0.15) is 6.61 Å². The Bertz CT molecular complexity index is 1040. The van der Waals surface area contributed by atoms with Gasteiger partial charge in [-0.2, -0.15) is 0 Å². The number of aromatic amines is 1. The van der Waals surface area contributed by atoms with Crippen molar-refractivity contribution >= 4 is 12.2 Å². The number of benzene rings is 2. The first-order chi connectivity index (χ1) is 14.2. The maximum absolute atomic E-state index is 12.1. The number of alkyl carbamates (subject to hydrolysis) is 1. The van der Waals surface area contributed by atoms with E-state index in [4.69, 9.17) is 4.74 Å². The number of H-pyrrole nitrogens is 1. The monoisotopic (exact) mass is 387 g/mol. The Morgan fingerprint density at radius 1 is 1.10 bits per heavy atom.